The number of ether oxygens (including phenoxy) is 1. The van der Waals surface area contributed by atoms with Crippen LogP contribution in [0, 0.1) is 0 Å². The van der Waals surface area contributed by atoms with Gasteiger partial charge in [0.05, 0.1) is 6.61 Å². The molecule has 1 rings (SSSR count). The van der Waals surface area contributed by atoms with Crippen LogP contribution in [-0.2, 0) is 16.0 Å². The van der Waals surface area contributed by atoms with Gasteiger partial charge in [-0.25, -0.2) is 0 Å². The van der Waals surface area contributed by atoms with E-state index in [1.54, 1.807) is 0 Å². The Kier molecular flexibility index (Phi) is 7.84. The van der Waals surface area contributed by atoms with E-state index in [1.807, 2.05) is 18.2 Å². The second-order valence-corrected chi connectivity index (χ2v) is 4.13. The lowest BCUT2D eigenvalue weighted by atomic mass is 10.2. The molecule has 0 saturated carbocycles. The molecule has 0 aliphatic heterocycles. The van der Waals surface area contributed by atoms with Crippen LogP contribution in [0.15, 0.2) is 30.3 Å². The van der Waals surface area contributed by atoms with Crippen LogP contribution in [0.3, 0.4) is 0 Å². The summed E-state index contributed by atoms with van der Waals surface area (Å²) in [7, 11) is 0. The van der Waals surface area contributed by atoms with Gasteiger partial charge in [-0.3, -0.25) is 4.79 Å². The van der Waals surface area contributed by atoms with Gasteiger partial charge in [-0.2, -0.15) is 0 Å². The van der Waals surface area contributed by atoms with Crippen LogP contribution in [0.4, 0.5) is 0 Å². The molecule has 0 bridgehead atoms. The average molecular weight is 250 g/mol. The Morgan fingerprint density at radius 2 is 2.00 bits per heavy atom. The Morgan fingerprint density at radius 1 is 1.22 bits per heavy atom. The van der Waals surface area contributed by atoms with Gasteiger partial charge in [0, 0.05) is 6.54 Å². The van der Waals surface area contributed by atoms with Crippen molar-refractivity contribution in [1.29, 1.82) is 0 Å². The number of unbranched alkanes of at least 4 members (excludes halogenated alkanes) is 1. The Labute approximate surface area is 109 Å². The number of carbonyl (C=O) groups is 1. The van der Waals surface area contributed by atoms with E-state index in [4.69, 9.17) is 10.5 Å². The first-order valence-electron chi connectivity index (χ1n) is 6.41. The Morgan fingerprint density at radius 3 is 2.72 bits per heavy atom. The molecular formula is C14H22N2O2. The molecule has 1 aromatic carbocycles. The summed E-state index contributed by atoms with van der Waals surface area (Å²) in [6, 6.07) is 10.1. The fourth-order valence-electron chi connectivity index (χ4n) is 1.55. The molecule has 0 aliphatic rings. The molecule has 0 spiro atoms. The molecule has 0 aromatic heterocycles. The highest BCUT2D eigenvalue weighted by molar-refractivity contribution is 5.77. The second kappa shape index (κ2) is 9.62. The number of hydrogen-bond donors (Lipinski definition) is 2. The minimum absolute atomic E-state index is 0.0555. The number of carbonyl (C=O) groups excluding carboxylic acids is 1. The fourth-order valence-corrected chi connectivity index (χ4v) is 1.55. The van der Waals surface area contributed by atoms with Crippen LogP contribution in [0.5, 0.6) is 0 Å². The first-order valence-corrected chi connectivity index (χ1v) is 6.41. The van der Waals surface area contributed by atoms with E-state index in [2.05, 4.69) is 17.4 Å². The van der Waals surface area contributed by atoms with E-state index in [9.17, 15) is 4.79 Å². The summed E-state index contributed by atoms with van der Waals surface area (Å²) >= 11 is 0. The van der Waals surface area contributed by atoms with Crippen molar-refractivity contribution < 1.29 is 9.53 Å². The SMILES string of the molecule is NCCCCNC(=O)COCCc1ccccc1. The van der Waals surface area contributed by atoms with Crippen LogP contribution < -0.4 is 11.1 Å². The lowest BCUT2D eigenvalue weighted by Crippen LogP contribution is -2.29. The summed E-state index contributed by atoms with van der Waals surface area (Å²) in [4.78, 5) is 11.4. The van der Waals surface area contributed by atoms with E-state index in [1.165, 1.54) is 5.56 Å². The van der Waals surface area contributed by atoms with Gasteiger partial charge in [-0.1, -0.05) is 30.3 Å². The maximum absolute atomic E-state index is 11.4. The van der Waals surface area contributed by atoms with Crippen molar-refractivity contribution in [2.24, 2.45) is 5.73 Å². The number of nitrogens with two attached hydrogens (primary N) is 1. The maximum atomic E-state index is 11.4. The molecule has 3 N–H and O–H groups in total. The predicted octanol–water partition coefficient (Wildman–Crippen LogP) is 1.10. The van der Waals surface area contributed by atoms with Crippen molar-refractivity contribution in [3.05, 3.63) is 35.9 Å². The first kappa shape index (κ1) is 14.7. The standard InChI is InChI=1S/C14H22N2O2/c15-9-4-5-10-16-14(17)12-18-11-8-13-6-2-1-3-7-13/h1-3,6-7H,4-5,8-12,15H2,(H,16,17). The topological polar surface area (TPSA) is 64.3 Å². The minimum atomic E-state index is -0.0555. The van der Waals surface area contributed by atoms with Crippen LogP contribution >= 0.6 is 0 Å². The number of nitrogens with one attached hydrogen (secondary N) is 1. The zero-order valence-electron chi connectivity index (χ0n) is 10.7. The molecule has 100 valence electrons. The molecule has 0 aliphatic carbocycles. The molecule has 4 heteroatoms. The van der Waals surface area contributed by atoms with Gasteiger partial charge in [-0.05, 0) is 31.4 Å². The molecule has 18 heavy (non-hydrogen) atoms. The van der Waals surface area contributed by atoms with Gasteiger partial charge in [0.2, 0.25) is 5.91 Å². The van der Waals surface area contributed by atoms with Gasteiger partial charge in [0.15, 0.2) is 0 Å². The van der Waals surface area contributed by atoms with E-state index >= 15 is 0 Å². The number of benzene rings is 1. The fraction of sp³-hybridized carbons (Fsp3) is 0.500. The smallest absolute Gasteiger partial charge is 0.245 e. The van der Waals surface area contributed by atoms with Crippen LogP contribution in [0.1, 0.15) is 18.4 Å². The third kappa shape index (κ3) is 7.04. The zero-order valence-corrected chi connectivity index (χ0v) is 10.7. The van der Waals surface area contributed by atoms with E-state index in [-0.39, 0.29) is 12.5 Å². The monoisotopic (exact) mass is 250 g/mol. The zero-order chi connectivity index (χ0) is 13.1. The summed E-state index contributed by atoms with van der Waals surface area (Å²) in [5.41, 5.74) is 6.58. The van der Waals surface area contributed by atoms with Crippen molar-refractivity contribution in [2.45, 2.75) is 19.3 Å². The molecule has 0 heterocycles. The summed E-state index contributed by atoms with van der Waals surface area (Å²) in [6.07, 6.45) is 2.70. The van der Waals surface area contributed by atoms with Crippen molar-refractivity contribution >= 4 is 5.91 Å². The molecule has 1 amide bonds. The summed E-state index contributed by atoms with van der Waals surface area (Å²) in [5, 5.41) is 2.80. The van der Waals surface area contributed by atoms with Gasteiger partial charge in [0.1, 0.15) is 6.61 Å². The van der Waals surface area contributed by atoms with Crippen molar-refractivity contribution in [3.63, 3.8) is 0 Å². The van der Waals surface area contributed by atoms with E-state index < -0.39 is 0 Å². The van der Waals surface area contributed by atoms with Crippen molar-refractivity contribution in [2.75, 3.05) is 26.3 Å². The lowest BCUT2D eigenvalue weighted by molar-refractivity contribution is -0.125. The van der Waals surface area contributed by atoms with Crippen LogP contribution in [0.25, 0.3) is 0 Å². The minimum Gasteiger partial charge on any atom is -0.371 e. The Bertz CT molecular complexity index is 328. The highest BCUT2D eigenvalue weighted by Crippen LogP contribution is 1.99. The predicted molar refractivity (Wildman–Crippen MR) is 72.3 cm³/mol. The Hall–Kier alpha value is -1.39. The third-order valence-corrected chi connectivity index (χ3v) is 2.56. The maximum Gasteiger partial charge on any atom is 0.245 e. The molecule has 4 nitrogen and oxygen atoms in total. The molecule has 0 radical (unpaired) electrons. The van der Waals surface area contributed by atoms with E-state index in [0.29, 0.717) is 19.7 Å². The summed E-state index contributed by atoms with van der Waals surface area (Å²) in [6.45, 7) is 2.05. The van der Waals surface area contributed by atoms with Gasteiger partial charge in [-0.15, -0.1) is 0 Å². The number of amides is 1. The van der Waals surface area contributed by atoms with Gasteiger partial charge < -0.3 is 15.8 Å². The van der Waals surface area contributed by atoms with Crippen molar-refractivity contribution in [3.8, 4) is 0 Å². The van der Waals surface area contributed by atoms with Gasteiger partial charge >= 0.3 is 0 Å². The quantitative estimate of drug-likeness (QED) is 0.645. The molecular weight excluding hydrogens is 228 g/mol. The number of hydrogen-bond acceptors (Lipinski definition) is 3. The van der Waals surface area contributed by atoms with Crippen LogP contribution in [-0.4, -0.2) is 32.2 Å². The highest BCUT2D eigenvalue weighted by Gasteiger charge is 2.00. The normalized spacial score (nSPS) is 10.3. The first-order chi connectivity index (χ1) is 8.83. The summed E-state index contributed by atoms with van der Waals surface area (Å²) < 4.78 is 5.32. The van der Waals surface area contributed by atoms with Crippen molar-refractivity contribution in [1.82, 2.24) is 5.32 Å². The third-order valence-electron chi connectivity index (χ3n) is 2.56. The average Bonchev–Trinajstić information content (AvgIpc) is 2.41. The highest BCUT2D eigenvalue weighted by atomic mass is 16.5. The second-order valence-electron chi connectivity index (χ2n) is 4.13. The number of rotatable bonds is 9. The summed E-state index contributed by atoms with van der Waals surface area (Å²) in [5.74, 6) is -0.0555. The molecule has 0 unspecified atom stereocenters. The largest absolute Gasteiger partial charge is 0.371 e. The molecule has 0 atom stereocenters. The molecule has 0 fully saturated rings. The van der Waals surface area contributed by atoms with Crippen LogP contribution in [0.2, 0.25) is 0 Å². The molecule has 1 aromatic rings. The Balaban J connectivity index is 1.99. The van der Waals surface area contributed by atoms with Gasteiger partial charge in [0.25, 0.3) is 0 Å². The molecule has 0 saturated heterocycles. The van der Waals surface area contributed by atoms with E-state index in [0.717, 1.165) is 19.3 Å². The lowest BCUT2D eigenvalue weighted by Gasteiger charge is -2.06.